The Morgan fingerprint density at radius 2 is 1.12 bits per heavy atom. The number of benzene rings is 2. The van der Waals surface area contributed by atoms with E-state index in [4.69, 9.17) is 34.7 Å². The van der Waals surface area contributed by atoms with Gasteiger partial charge in [0.05, 0.1) is 11.8 Å². The van der Waals surface area contributed by atoms with E-state index < -0.39 is 53.6 Å². The van der Waals surface area contributed by atoms with Crippen LogP contribution in [0.1, 0.15) is 34.1 Å². The van der Waals surface area contributed by atoms with Crippen LogP contribution in [0.4, 0.5) is 37.7 Å². The van der Waals surface area contributed by atoms with Crippen molar-refractivity contribution in [2.24, 2.45) is 0 Å². The van der Waals surface area contributed by atoms with Gasteiger partial charge in [-0.1, -0.05) is 0 Å². The standard InChI is InChI=1S/C21H20Cl2F6N2O3/c1-9-3-11(33-20(24,25)26)5-13(17(9)30)15(7-22)19(32)16(8-23)14-6-12(34-21(27,28)29)4-10(2)18(14)31/h3-6,15-16H,7-8,30-31H2,1-2H3. The third-order valence-corrected chi connectivity index (χ3v) is 5.62. The highest BCUT2D eigenvalue weighted by Gasteiger charge is 2.36. The molecule has 2 atom stereocenters. The van der Waals surface area contributed by atoms with Crippen LogP contribution in [0.2, 0.25) is 0 Å². The highest BCUT2D eigenvalue weighted by atomic mass is 35.5. The summed E-state index contributed by atoms with van der Waals surface area (Å²) in [5.41, 5.74) is 12.3. The number of nitrogen functional groups attached to an aromatic ring is 2. The van der Waals surface area contributed by atoms with Gasteiger partial charge in [0.25, 0.3) is 0 Å². The number of halogens is 8. The lowest BCUT2D eigenvalue weighted by molar-refractivity contribution is -0.275. The van der Waals surface area contributed by atoms with Gasteiger partial charge < -0.3 is 20.9 Å². The van der Waals surface area contributed by atoms with Crippen LogP contribution in [-0.4, -0.2) is 30.3 Å². The number of Topliss-reactive ketones (excluding diaryl/α,β-unsaturated/α-hetero) is 1. The van der Waals surface area contributed by atoms with Crippen LogP contribution < -0.4 is 20.9 Å². The van der Waals surface area contributed by atoms with Crippen molar-refractivity contribution in [3.05, 3.63) is 46.5 Å². The summed E-state index contributed by atoms with van der Waals surface area (Å²) in [5, 5.41) is 0. The first kappa shape index (κ1) is 27.7. The molecule has 0 aromatic heterocycles. The molecule has 0 bridgehead atoms. The molecule has 2 aromatic rings. The zero-order chi connectivity index (χ0) is 26.0. The lowest BCUT2D eigenvalue weighted by Crippen LogP contribution is -2.26. The molecule has 2 rings (SSSR count). The Bertz CT molecular complexity index is 979. The van der Waals surface area contributed by atoms with Gasteiger partial charge in [0.1, 0.15) is 17.3 Å². The zero-order valence-corrected chi connectivity index (χ0v) is 19.3. The predicted molar refractivity (Wildman–Crippen MR) is 116 cm³/mol. The number of alkyl halides is 8. The number of ether oxygens (including phenoxy) is 2. The molecule has 0 aliphatic rings. The van der Waals surface area contributed by atoms with E-state index in [9.17, 15) is 31.1 Å². The first-order valence-electron chi connectivity index (χ1n) is 9.55. The Morgan fingerprint density at radius 3 is 1.38 bits per heavy atom. The first-order chi connectivity index (χ1) is 15.6. The fourth-order valence-electron chi connectivity index (χ4n) is 3.41. The topological polar surface area (TPSA) is 87.6 Å². The van der Waals surface area contributed by atoms with E-state index in [0.29, 0.717) is 0 Å². The van der Waals surface area contributed by atoms with Crippen LogP contribution in [0, 0.1) is 13.8 Å². The molecule has 0 saturated heterocycles. The molecule has 188 valence electrons. The van der Waals surface area contributed by atoms with E-state index in [1.165, 1.54) is 13.8 Å². The summed E-state index contributed by atoms with van der Waals surface area (Å²) in [7, 11) is 0. The first-order valence-corrected chi connectivity index (χ1v) is 10.6. The molecule has 0 radical (unpaired) electrons. The molecule has 0 heterocycles. The van der Waals surface area contributed by atoms with Crippen LogP contribution in [0.15, 0.2) is 24.3 Å². The van der Waals surface area contributed by atoms with E-state index in [0.717, 1.165) is 24.3 Å². The van der Waals surface area contributed by atoms with Gasteiger partial charge in [0.2, 0.25) is 0 Å². The van der Waals surface area contributed by atoms with Gasteiger partial charge in [-0.05, 0) is 60.4 Å². The number of rotatable bonds is 8. The fourth-order valence-corrected chi connectivity index (χ4v) is 4.05. The van der Waals surface area contributed by atoms with Crippen LogP contribution in [0.3, 0.4) is 0 Å². The highest BCUT2D eigenvalue weighted by Crippen LogP contribution is 2.39. The number of anilines is 2. The Labute approximate surface area is 200 Å². The van der Waals surface area contributed by atoms with Crippen molar-refractivity contribution in [1.29, 1.82) is 0 Å². The average Bonchev–Trinajstić information content (AvgIpc) is 2.67. The lowest BCUT2D eigenvalue weighted by atomic mass is 9.83. The van der Waals surface area contributed by atoms with Gasteiger partial charge in [0, 0.05) is 23.1 Å². The number of ketones is 1. The van der Waals surface area contributed by atoms with E-state index in [2.05, 4.69) is 9.47 Å². The third kappa shape index (κ3) is 6.75. The fraction of sp³-hybridized carbons (Fsp3) is 0.381. The maximum absolute atomic E-state index is 13.4. The number of hydrogen-bond acceptors (Lipinski definition) is 5. The summed E-state index contributed by atoms with van der Waals surface area (Å²) in [5.74, 6) is -5.31. The second kappa shape index (κ2) is 10.4. The van der Waals surface area contributed by atoms with Crippen LogP contribution in [-0.2, 0) is 4.79 Å². The molecule has 4 N–H and O–H groups in total. The minimum atomic E-state index is -5.00. The quantitative estimate of drug-likeness (QED) is 0.241. The summed E-state index contributed by atoms with van der Waals surface area (Å²) in [6.45, 7) is 2.83. The SMILES string of the molecule is Cc1cc(OC(F)(F)F)cc(C(CCl)C(=O)C(CCl)c2cc(OC(F)(F)F)cc(C)c2N)c1N. The monoisotopic (exact) mass is 532 g/mol. The van der Waals surface area contributed by atoms with Gasteiger partial charge in [-0.3, -0.25) is 4.79 Å². The zero-order valence-electron chi connectivity index (χ0n) is 17.8. The summed E-state index contributed by atoms with van der Waals surface area (Å²) >= 11 is 12.0. The Balaban J connectivity index is 2.56. The number of carbonyl (C=O) groups excluding carboxylic acids is 1. The molecule has 0 amide bonds. The third-order valence-electron chi connectivity index (χ3n) is 5.00. The molecule has 0 spiro atoms. The maximum Gasteiger partial charge on any atom is 0.573 e. The van der Waals surface area contributed by atoms with E-state index in [-0.39, 0.29) is 33.6 Å². The van der Waals surface area contributed by atoms with Crippen molar-refractivity contribution in [2.75, 3.05) is 23.2 Å². The molecule has 0 aliphatic heterocycles. The number of hydrogen-bond donors (Lipinski definition) is 2. The summed E-state index contributed by atoms with van der Waals surface area (Å²) < 4.78 is 84.2. The van der Waals surface area contributed by atoms with E-state index >= 15 is 0 Å². The maximum atomic E-state index is 13.4. The minimum absolute atomic E-state index is 0.000143. The average molecular weight is 533 g/mol. The molecule has 0 aliphatic carbocycles. The Morgan fingerprint density at radius 1 is 0.794 bits per heavy atom. The van der Waals surface area contributed by atoms with Gasteiger partial charge in [0.15, 0.2) is 0 Å². The predicted octanol–water partition coefficient (Wildman–Crippen LogP) is 6.18. The van der Waals surface area contributed by atoms with E-state index in [1.807, 2.05) is 0 Å². The van der Waals surface area contributed by atoms with Crippen molar-refractivity contribution in [2.45, 2.75) is 38.4 Å². The molecule has 0 fully saturated rings. The summed E-state index contributed by atoms with van der Waals surface area (Å²) in [4.78, 5) is 13.4. The van der Waals surface area contributed by atoms with Gasteiger partial charge in [-0.2, -0.15) is 0 Å². The van der Waals surface area contributed by atoms with Gasteiger partial charge in [-0.15, -0.1) is 49.5 Å². The molecule has 2 aromatic carbocycles. The van der Waals surface area contributed by atoms with Crippen molar-refractivity contribution >= 4 is 40.4 Å². The van der Waals surface area contributed by atoms with Gasteiger partial charge in [-0.25, -0.2) is 0 Å². The molecule has 5 nitrogen and oxygen atoms in total. The van der Waals surface area contributed by atoms with Crippen molar-refractivity contribution in [1.82, 2.24) is 0 Å². The Kier molecular flexibility index (Phi) is 8.47. The van der Waals surface area contributed by atoms with Crippen molar-refractivity contribution in [3.8, 4) is 11.5 Å². The van der Waals surface area contributed by atoms with Crippen molar-refractivity contribution < 1.29 is 40.6 Å². The molecule has 0 saturated carbocycles. The second-order valence-corrected chi connectivity index (χ2v) is 8.02. The molecule has 13 heteroatoms. The second-order valence-electron chi connectivity index (χ2n) is 7.40. The lowest BCUT2D eigenvalue weighted by Gasteiger charge is -2.25. The van der Waals surface area contributed by atoms with Crippen LogP contribution in [0.5, 0.6) is 11.5 Å². The molecule has 2 unspecified atom stereocenters. The molecular formula is C21H20Cl2F6N2O3. The van der Waals surface area contributed by atoms with E-state index in [1.54, 1.807) is 0 Å². The normalized spacial score (nSPS) is 13.9. The number of carbonyl (C=O) groups is 1. The van der Waals surface area contributed by atoms with Crippen molar-refractivity contribution in [3.63, 3.8) is 0 Å². The minimum Gasteiger partial charge on any atom is -0.406 e. The molecular weight excluding hydrogens is 513 g/mol. The summed E-state index contributed by atoms with van der Waals surface area (Å²) in [6, 6.07) is 3.95. The number of aryl methyl sites for hydroxylation is 2. The number of nitrogens with two attached hydrogens (primary N) is 2. The highest BCUT2D eigenvalue weighted by molar-refractivity contribution is 6.22. The van der Waals surface area contributed by atoms with Crippen LogP contribution >= 0.6 is 23.2 Å². The van der Waals surface area contributed by atoms with Crippen LogP contribution in [0.25, 0.3) is 0 Å². The Hall–Kier alpha value is -2.53. The molecule has 34 heavy (non-hydrogen) atoms. The largest absolute Gasteiger partial charge is 0.573 e. The summed E-state index contributed by atoms with van der Waals surface area (Å²) in [6.07, 6.45) is -9.99. The smallest absolute Gasteiger partial charge is 0.406 e. The van der Waals surface area contributed by atoms with Gasteiger partial charge >= 0.3 is 12.7 Å².